The highest BCUT2D eigenvalue weighted by Crippen LogP contribution is 2.24. The standard InChI is InChI=1S/C21H24FN5O2/c1-2-26-9-7-14(8-10-26)12-23-21(29)17-13-24-27-19(28)11-18(25-20(17)27)15-3-5-16(22)6-4-15/h3-6,11,13-14,28H,2,7-10,12H2,1H3,(H,23,29). The van der Waals surface area contributed by atoms with Crippen LogP contribution in [0.15, 0.2) is 36.5 Å². The molecule has 1 amide bonds. The van der Waals surface area contributed by atoms with Gasteiger partial charge in [0.25, 0.3) is 5.91 Å². The summed E-state index contributed by atoms with van der Waals surface area (Å²) in [6, 6.07) is 7.24. The molecular weight excluding hydrogens is 373 g/mol. The number of rotatable bonds is 5. The zero-order valence-electron chi connectivity index (χ0n) is 16.3. The molecule has 0 spiro atoms. The smallest absolute Gasteiger partial charge is 0.256 e. The molecule has 7 nitrogen and oxygen atoms in total. The van der Waals surface area contributed by atoms with E-state index >= 15 is 0 Å². The molecule has 0 aliphatic carbocycles. The predicted octanol–water partition coefficient (Wildman–Crippen LogP) is 2.70. The molecule has 4 rings (SSSR count). The van der Waals surface area contributed by atoms with Gasteiger partial charge in [-0.3, -0.25) is 4.79 Å². The fraction of sp³-hybridized carbons (Fsp3) is 0.381. The van der Waals surface area contributed by atoms with E-state index in [1.54, 1.807) is 12.1 Å². The first-order valence-corrected chi connectivity index (χ1v) is 9.89. The summed E-state index contributed by atoms with van der Waals surface area (Å²) in [5.74, 6) is -0.297. The molecule has 0 saturated carbocycles. The van der Waals surface area contributed by atoms with E-state index in [4.69, 9.17) is 0 Å². The zero-order valence-corrected chi connectivity index (χ0v) is 16.3. The van der Waals surface area contributed by atoms with Crippen LogP contribution < -0.4 is 5.32 Å². The van der Waals surface area contributed by atoms with E-state index in [2.05, 4.69) is 27.2 Å². The third-order valence-corrected chi connectivity index (χ3v) is 5.54. The van der Waals surface area contributed by atoms with Crippen molar-refractivity contribution in [2.75, 3.05) is 26.2 Å². The number of piperidine rings is 1. The molecule has 2 aromatic heterocycles. The Bertz CT molecular complexity index is 1010. The molecule has 1 aromatic carbocycles. The average molecular weight is 397 g/mol. The number of nitrogens with one attached hydrogen (secondary N) is 1. The Labute approximate surface area is 168 Å². The first kappa shape index (κ1) is 19.3. The van der Waals surface area contributed by atoms with E-state index < -0.39 is 0 Å². The molecule has 3 aromatic rings. The van der Waals surface area contributed by atoms with Crippen LogP contribution >= 0.6 is 0 Å². The van der Waals surface area contributed by atoms with E-state index in [1.165, 1.54) is 28.9 Å². The van der Waals surface area contributed by atoms with Crippen molar-refractivity contribution in [2.45, 2.75) is 19.8 Å². The summed E-state index contributed by atoms with van der Waals surface area (Å²) in [6.45, 7) is 5.95. The molecule has 3 heterocycles. The maximum Gasteiger partial charge on any atom is 0.256 e. The summed E-state index contributed by atoms with van der Waals surface area (Å²) in [7, 11) is 0. The number of aromatic nitrogens is 3. The van der Waals surface area contributed by atoms with Crippen molar-refractivity contribution in [2.24, 2.45) is 5.92 Å². The molecule has 0 atom stereocenters. The lowest BCUT2D eigenvalue weighted by Crippen LogP contribution is -2.38. The normalized spacial score (nSPS) is 15.7. The van der Waals surface area contributed by atoms with E-state index in [-0.39, 0.29) is 23.3 Å². The number of halogens is 1. The number of nitrogens with zero attached hydrogens (tertiary/aromatic N) is 4. The van der Waals surface area contributed by atoms with Gasteiger partial charge in [0.2, 0.25) is 5.88 Å². The molecule has 1 aliphatic heterocycles. The highest BCUT2D eigenvalue weighted by atomic mass is 19.1. The van der Waals surface area contributed by atoms with Crippen LogP contribution in [0.25, 0.3) is 16.9 Å². The lowest BCUT2D eigenvalue weighted by molar-refractivity contribution is 0.0938. The maximum absolute atomic E-state index is 13.2. The largest absolute Gasteiger partial charge is 0.493 e. The second-order valence-corrected chi connectivity index (χ2v) is 7.39. The number of carbonyl (C=O) groups excluding carboxylic acids is 1. The van der Waals surface area contributed by atoms with Crippen molar-refractivity contribution < 1.29 is 14.3 Å². The van der Waals surface area contributed by atoms with Gasteiger partial charge in [0, 0.05) is 18.2 Å². The van der Waals surface area contributed by atoms with Gasteiger partial charge in [-0.2, -0.15) is 9.61 Å². The number of likely N-dealkylation sites (tertiary alicyclic amines) is 1. The highest BCUT2D eigenvalue weighted by molar-refractivity contribution is 6.00. The monoisotopic (exact) mass is 397 g/mol. The van der Waals surface area contributed by atoms with Gasteiger partial charge < -0.3 is 15.3 Å². The molecular formula is C21H24FN5O2. The van der Waals surface area contributed by atoms with Crippen molar-refractivity contribution in [1.29, 1.82) is 0 Å². The van der Waals surface area contributed by atoms with Crippen LogP contribution in [0.5, 0.6) is 5.88 Å². The minimum atomic E-state index is -0.353. The third-order valence-electron chi connectivity index (χ3n) is 5.54. The van der Waals surface area contributed by atoms with Gasteiger partial charge in [0.1, 0.15) is 11.4 Å². The van der Waals surface area contributed by atoms with E-state index in [0.29, 0.717) is 29.3 Å². The van der Waals surface area contributed by atoms with Gasteiger partial charge in [-0.25, -0.2) is 9.37 Å². The number of hydrogen-bond donors (Lipinski definition) is 2. The van der Waals surface area contributed by atoms with Crippen molar-refractivity contribution in [3.8, 4) is 17.1 Å². The number of aromatic hydroxyl groups is 1. The lowest BCUT2D eigenvalue weighted by Gasteiger charge is -2.30. The Kier molecular flexibility index (Phi) is 5.44. The molecule has 0 bridgehead atoms. The molecule has 0 radical (unpaired) electrons. The number of benzene rings is 1. The molecule has 29 heavy (non-hydrogen) atoms. The van der Waals surface area contributed by atoms with E-state index in [9.17, 15) is 14.3 Å². The van der Waals surface area contributed by atoms with E-state index in [0.717, 1.165) is 32.5 Å². The summed E-state index contributed by atoms with van der Waals surface area (Å²) >= 11 is 0. The van der Waals surface area contributed by atoms with Crippen LogP contribution in [0.1, 0.15) is 30.1 Å². The van der Waals surface area contributed by atoms with E-state index in [1.807, 2.05) is 0 Å². The molecule has 0 unspecified atom stereocenters. The van der Waals surface area contributed by atoms with Gasteiger partial charge in [-0.1, -0.05) is 6.92 Å². The Morgan fingerprint density at radius 1 is 1.28 bits per heavy atom. The molecule has 8 heteroatoms. The second kappa shape index (κ2) is 8.16. The Balaban J connectivity index is 1.52. The Morgan fingerprint density at radius 2 is 2.00 bits per heavy atom. The average Bonchev–Trinajstić information content (AvgIpc) is 3.17. The highest BCUT2D eigenvalue weighted by Gasteiger charge is 2.21. The van der Waals surface area contributed by atoms with Crippen LogP contribution in [0, 0.1) is 11.7 Å². The number of amides is 1. The van der Waals surface area contributed by atoms with Crippen LogP contribution in [0.2, 0.25) is 0 Å². The lowest BCUT2D eigenvalue weighted by atomic mass is 9.97. The SMILES string of the molecule is CCN1CCC(CNC(=O)c2cnn3c(O)cc(-c4ccc(F)cc4)nc23)CC1. The van der Waals surface area contributed by atoms with Crippen molar-refractivity contribution in [3.63, 3.8) is 0 Å². The Morgan fingerprint density at radius 3 is 2.69 bits per heavy atom. The topological polar surface area (TPSA) is 82.8 Å². The first-order valence-electron chi connectivity index (χ1n) is 9.89. The summed E-state index contributed by atoms with van der Waals surface area (Å²) in [5.41, 5.74) is 1.65. The van der Waals surface area contributed by atoms with Gasteiger partial charge >= 0.3 is 0 Å². The fourth-order valence-corrected chi connectivity index (χ4v) is 3.71. The maximum atomic E-state index is 13.2. The van der Waals surface area contributed by atoms with Crippen LogP contribution in [0.4, 0.5) is 4.39 Å². The van der Waals surface area contributed by atoms with Crippen molar-refractivity contribution in [3.05, 3.63) is 47.9 Å². The first-order chi connectivity index (χ1) is 14.0. The number of carbonyl (C=O) groups is 1. The van der Waals surface area contributed by atoms with Gasteiger partial charge in [0.05, 0.1) is 11.9 Å². The number of hydrogen-bond acceptors (Lipinski definition) is 5. The minimum Gasteiger partial charge on any atom is -0.493 e. The summed E-state index contributed by atoms with van der Waals surface area (Å²) in [6.07, 6.45) is 3.54. The van der Waals surface area contributed by atoms with Gasteiger partial charge in [-0.05, 0) is 62.7 Å². The molecule has 2 N–H and O–H groups in total. The molecule has 1 fully saturated rings. The third kappa shape index (κ3) is 4.07. The zero-order chi connectivity index (χ0) is 20.4. The van der Waals surface area contributed by atoms with Crippen molar-refractivity contribution in [1.82, 2.24) is 24.8 Å². The van der Waals surface area contributed by atoms with Crippen LogP contribution in [0.3, 0.4) is 0 Å². The summed E-state index contributed by atoms with van der Waals surface area (Å²) in [4.78, 5) is 19.6. The van der Waals surface area contributed by atoms with Crippen LogP contribution in [-0.2, 0) is 0 Å². The molecule has 152 valence electrons. The van der Waals surface area contributed by atoms with Gasteiger partial charge in [0.15, 0.2) is 5.65 Å². The minimum absolute atomic E-state index is 0.139. The molecule has 1 aliphatic rings. The molecule has 1 saturated heterocycles. The summed E-state index contributed by atoms with van der Waals surface area (Å²) in [5, 5.41) is 17.4. The number of fused-ring (bicyclic) bond motifs is 1. The second-order valence-electron chi connectivity index (χ2n) is 7.39. The Hall–Kier alpha value is -3.00. The van der Waals surface area contributed by atoms with Crippen LogP contribution in [-0.4, -0.2) is 56.7 Å². The van der Waals surface area contributed by atoms with Gasteiger partial charge in [-0.15, -0.1) is 0 Å². The van der Waals surface area contributed by atoms with Crippen molar-refractivity contribution >= 4 is 11.6 Å². The fourth-order valence-electron chi connectivity index (χ4n) is 3.71. The summed E-state index contributed by atoms with van der Waals surface area (Å²) < 4.78 is 14.4. The predicted molar refractivity (Wildman–Crippen MR) is 107 cm³/mol. The quantitative estimate of drug-likeness (QED) is 0.692.